The number of nitrogens with two attached hydrogens (primary N) is 2. The van der Waals surface area contributed by atoms with E-state index in [4.69, 9.17) is 23.1 Å². The molecule has 0 amide bonds. The van der Waals surface area contributed by atoms with Crippen molar-refractivity contribution in [2.75, 3.05) is 11.9 Å². The zero-order valence-corrected chi connectivity index (χ0v) is 15.3. The van der Waals surface area contributed by atoms with E-state index in [0.717, 1.165) is 11.3 Å². The van der Waals surface area contributed by atoms with Gasteiger partial charge in [0.2, 0.25) is 0 Å². The average molecular weight is 390 g/mol. The van der Waals surface area contributed by atoms with Crippen LogP contribution in [0, 0.1) is 5.82 Å². The molecule has 1 fully saturated rings. The second kappa shape index (κ2) is 6.95. The van der Waals surface area contributed by atoms with Crippen LogP contribution in [0.3, 0.4) is 0 Å². The van der Waals surface area contributed by atoms with Crippen molar-refractivity contribution in [3.63, 3.8) is 0 Å². The first-order valence-corrected chi connectivity index (χ1v) is 9.16. The van der Waals surface area contributed by atoms with Crippen molar-refractivity contribution in [1.29, 1.82) is 0 Å². The Bertz CT molecular complexity index is 887. The van der Waals surface area contributed by atoms with Gasteiger partial charge >= 0.3 is 0 Å². The van der Waals surface area contributed by atoms with Crippen LogP contribution in [0.15, 0.2) is 46.2 Å². The van der Waals surface area contributed by atoms with Gasteiger partial charge in [-0.15, -0.1) is 0 Å². The van der Waals surface area contributed by atoms with Crippen LogP contribution in [0.2, 0.25) is 0 Å². The number of H-pyrrole nitrogens is 1. The van der Waals surface area contributed by atoms with Crippen LogP contribution >= 0.6 is 11.6 Å². The Labute approximate surface area is 161 Å². The first-order chi connectivity index (χ1) is 13.0. The maximum Gasteiger partial charge on any atom is 0.191 e. The molecule has 7 nitrogen and oxygen atoms in total. The summed E-state index contributed by atoms with van der Waals surface area (Å²) >= 11 is 6.29. The van der Waals surface area contributed by atoms with Crippen molar-refractivity contribution >= 4 is 23.6 Å². The Hall–Kier alpha value is -2.42. The fourth-order valence-corrected chi connectivity index (χ4v) is 3.33. The second-order valence-corrected chi connectivity index (χ2v) is 7.29. The third-order valence-electron chi connectivity index (χ3n) is 4.86. The van der Waals surface area contributed by atoms with Crippen LogP contribution in [-0.4, -0.2) is 28.7 Å². The van der Waals surface area contributed by atoms with E-state index in [1.165, 1.54) is 31.2 Å². The van der Waals surface area contributed by atoms with Gasteiger partial charge in [-0.05, 0) is 30.5 Å². The van der Waals surface area contributed by atoms with Gasteiger partial charge in [-0.3, -0.25) is 10.8 Å². The molecule has 1 aliphatic carbocycles. The predicted molar refractivity (Wildman–Crippen MR) is 104 cm³/mol. The number of halogens is 2. The van der Waals surface area contributed by atoms with Gasteiger partial charge in [0.25, 0.3) is 0 Å². The second-order valence-electron chi connectivity index (χ2n) is 6.88. The lowest BCUT2D eigenvalue weighted by Crippen LogP contribution is -2.60. The first kappa shape index (κ1) is 18.0. The highest BCUT2D eigenvalue weighted by molar-refractivity contribution is 6.40. The summed E-state index contributed by atoms with van der Waals surface area (Å²) in [5.41, 5.74) is 14.3. The molecule has 2 heterocycles. The minimum Gasteiger partial charge on any atom is -0.334 e. The molecule has 2 atom stereocenters. The molecule has 2 aromatic rings. The Balaban J connectivity index is 1.55. The lowest BCUT2D eigenvalue weighted by atomic mass is 9.91. The molecule has 4 rings (SSSR count). The highest BCUT2D eigenvalue weighted by Gasteiger charge is 2.38. The zero-order valence-electron chi connectivity index (χ0n) is 14.5. The van der Waals surface area contributed by atoms with Crippen molar-refractivity contribution in [3.8, 4) is 0 Å². The normalized spacial score (nSPS) is 23.3. The smallest absolute Gasteiger partial charge is 0.191 e. The molecule has 0 bridgehead atoms. The molecule has 9 heteroatoms. The largest absolute Gasteiger partial charge is 0.334 e. The number of anilines is 1. The number of benzene rings is 1. The van der Waals surface area contributed by atoms with Crippen LogP contribution in [0.4, 0.5) is 10.2 Å². The third-order valence-corrected chi connectivity index (χ3v) is 5.15. The standard InChI is InChI=1S/C18H21ClFN7/c19-14-9-23-18(22,13(8-21)10-3-5-12(20)6-4-10)25-17(14)24-16-7-15(26-27-16)11-1-2-11/h3-7,9,11,13,25H,1-2,8,21-22H2,(H2,24,26,27)/t13-,18?/m0/s1. The van der Waals surface area contributed by atoms with Gasteiger partial charge in [0.15, 0.2) is 11.6 Å². The summed E-state index contributed by atoms with van der Waals surface area (Å²) in [6.45, 7) is 0.214. The number of nitrogens with one attached hydrogen (secondary N) is 3. The number of rotatable bonds is 6. The van der Waals surface area contributed by atoms with Gasteiger partial charge in [0.1, 0.15) is 11.6 Å². The van der Waals surface area contributed by atoms with E-state index in [9.17, 15) is 4.39 Å². The summed E-state index contributed by atoms with van der Waals surface area (Å²) in [6, 6.07) is 8.02. The Morgan fingerprint density at radius 3 is 2.74 bits per heavy atom. The fourth-order valence-electron chi connectivity index (χ4n) is 3.19. The van der Waals surface area contributed by atoms with E-state index in [2.05, 4.69) is 25.8 Å². The molecular formula is C18H21ClFN7. The number of hydrogen-bond acceptors (Lipinski definition) is 6. The van der Waals surface area contributed by atoms with Crippen LogP contribution < -0.4 is 22.1 Å². The van der Waals surface area contributed by atoms with Crippen molar-refractivity contribution in [2.24, 2.45) is 16.5 Å². The van der Waals surface area contributed by atoms with E-state index in [1.807, 2.05) is 6.07 Å². The topological polar surface area (TPSA) is 117 Å². The van der Waals surface area contributed by atoms with Gasteiger partial charge in [0, 0.05) is 30.4 Å². The number of allylic oxidation sites excluding steroid dienone is 1. The third kappa shape index (κ3) is 3.69. The summed E-state index contributed by atoms with van der Waals surface area (Å²) in [5, 5.41) is 14.0. The highest BCUT2D eigenvalue weighted by Crippen LogP contribution is 2.39. The van der Waals surface area contributed by atoms with Crippen LogP contribution in [0.5, 0.6) is 0 Å². The van der Waals surface area contributed by atoms with Gasteiger partial charge in [-0.2, -0.15) is 5.10 Å². The Morgan fingerprint density at radius 1 is 1.33 bits per heavy atom. The summed E-state index contributed by atoms with van der Waals surface area (Å²) in [5.74, 6) is -0.256. The predicted octanol–water partition coefficient (Wildman–Crippen LogP) is 2.27. The minimum atomic E-state index is -1.23. The summed E-state index contributed by atoms with van der Waals surface area (Å²) in [6.07, 6.45) is 3.84. The first-order valence-electron chi connectivity index (χ1n) is 8.78. The molecule has 1 aromatic carbocycles. The van der Waals surface area contributed by atoms with Gasteiger partial charge in [-0.25, -0.2) is 9.38 Å². The fraction of sp³-hybridized carbons (Fsp3) is 0.333. The molecule has 1 saturated carbocycles. The summed E-state index contributed by atoms with van der Waals surface area (Å²) < 4.78 is 13.3. The molecule has 1 unspecified atom stereocenters. The SMILES string of the molecule is NC[C@@H](c1ccc(F)cc1)C1(N)N=CC(Cl)=C(Nc2cc(C3CC3)[nH]n2)N1. The van der Waals surface area contributed by atoms with E-state index in [0.29, 0.717) is 22.6 Å². The Kier molecular flexibility index (Phi) is 4.63. The summed E-state index contributed by atoms with van der Waals surface area (Å²) in [7, 11) is 0. The number of aliphatic imine (C=N–C) groups is 1. The van der Waals surface area contributed by atoms with Crippen molar-refractivity contribution in [3.05, 3.63) is 58.3 Å². The molecule has 2 aliphatic rings. The average Bonchev–Trinajstić information content (AvgIpc) is 3.40. The maximum atomic E-state index is 13.3. The molecule has 0 saturated heterocycles. The van der Waals surface area contributed by atoms with Crippen LogP contribution in [-0.2, 0) is 0 Å². The van der Waals surface area contributed by atoms with Crippen LogP contribution in [0.1, 0.15) is 35.9 Å². The molecule has 7 N–H and O–H groups in total. The van der Waals surface area contributed by atoms with Crippen molar-refractivity contribution in [1.82, 2.24) is 15.5 Å². The zero-order chi connectivity index (χ0) is 19.0. The van der Waals surface area contributed by atoms with Gasteiger partial charge in [0.05, 0.1) is 11.0 Å². The van der Waals surface area contributed by atoms with E-state index in [-0.39, 0.29) is 12.4 Å². The number of hydrogen-bond donors (Lipinski definition) is 5. The van der Waals surface area contributed by atoms with Crippen LogP contribution in [0.25, 0.3) is 0 Å². The number of aromatic nitrogens is 2. The monoisotopic (exact) mass is 389 g/mol. The molecule has 0 radical (unpaired) electrons. The maximum absolute atomic E-state index is 13.3. The summed E-state index contributed by atoms with van der Waals surface area (Å²) in [4.78, 5) is 4.36. The van der Waals surface area contributed by atoms with Crippen molar-refractivity contribution in [2.45, 2.75) is 30.5 Å². The highest BCUT2D eigenvalue weighted by atomic mass is 35.5. The van der Waals surface area contributed by atoms with E-state index in [1.54, 1.807) is 12.1 Å². The Morgan fingerprint density at radius 2 is 2.07 bits per heavy atom. The molecule has 1 aromatic heterocycles. The molecular weight excluding hydrogens is 369 g/mol. The van der Waals surface area contributed by atoms with E-state index < -0.39 is 11.7 Å². The number of aromatic amines is 1. The van der Waals surface area contributed by atoms with Crippen molar-refractivity contribution < 1.29 is 4.39 Å². The molecule has 142 valence electrons. The molecule has 27 heavy (non-hydrogen) atoms. The van der Waals surface area contributed by atoms with Gasteiger partial charge in [-0.1, -0.05) is 23.7 Å². The lowest BCUT2D eigenvalue weighted by molar-refractivity contribution is 0.312. The lowest BCUT2D eigenvalue weighted by Gasteiger charge is -2.38. The minimum absolute atomic E-state index is 0.214. The van der Waals surface area contributed by atoms with Gasteiger partial charge < -0.3 is 16.4 Å². The van der Waals surface area contributed by atoms with E-state index >= 15 is 0 Å². The quantitative estimate of drug-likeness (QED) is 0.519. The number of nitrogens with zero attached hydrogens (tertiary/aromatic N) is 2. The molecule has 0 spiro atoms. The molecule has 1 aliphatic heterocycles.